The third-order valence-corrected chi connectivity index (χ3v) is 13.4. The fraction of sp³-hybridized carbons (Fsp3) is 0.463. The van der Waals surface area contributed by atoms with E-state index in [9.17, 15) is 9.90 Å². The van der Waals surface area contributed by atoms with Gasteiger partial charge in [-0.2, -0.15) is 0 Å². The van der Waals surface area contributed by atoms with Gasteiger partial charge in [-0.15, -0.1) is 34.9 Å². The van der Waals surface area contributed by atoms with E-state index < -0.39 is 22.0 Å². The third-order valence-electron chi connectivity index (χ3n) is 9.48. The molecular weight excluding hydrogens is 825 g/mol. The molecule has 1 radical (unpaired) electrons. The molecule has 0 saturated heterocycles. The summed E-state index contributed by atoms with van der Waals surface area (Å²) in [7, 11) is -4.39. The van der Waals surface area contributed by atoms with Gasteiger partial charge in [-0.25, -0.2) is 8.78 Å². The number of aliphatic hydroxyl groups excluding tert-OH is 1. The van der Waals surface area contributed by atoms with Crippen molar-refractivity contribution in [3.63, 3.8) is 0 Å². The number of fused-ring (bicyclic) bond motifs is 3. The average Bonchev–Trinajstić information content (AvgIpc) is 2.99. The molecule has 3 aromatic carbocycles. The van der Waals surface area contributed by atoms with Crippen molar-refractivity contribution in [1.82, 2.24) is 4.98 Å². The Morgan fingerprint density at radius 1 is 0.796 bits per heavy atom. The predicted octanol–water partition coefficient (Wildman–Crippen LogP) is 11.1. The van der Waals surface area contributed by atoms with E-state index in [2.05, 4.69) is 49.7 Å². The molecule has 3 nitrogen and oxygen atoms in total. The monoisotopic (exact) mass is 881 g/mol. The first-order valence-electron chi connectivity index (χ1n) is 17.5. The van der Waals surface area contributed by atoms with E-state index in [0.29, 0.717) is 27.3 Å². The molecule has 1 N–H and O–H groups in total. The molecule has 1 aromatic heterocycles. The molecule has 0 fully saturated rings. The van der Waals surface area contributed by atoms with Crippen molar-refractivity contribution in [3.05, 3.63) is 76.7 Å². The van der Waals surface area contributed by atoms with Crippen LogP contribution in [0, 0.1) is 43.4 Å². The van der Waals surface area contributed by atoms with Crippen LogP contribution in [0.15, 0.2) is 47.9 Å². The van der Waals surface area contributed by atoms with E-state index in [1.807, 2.05) is 72.5 Å². The number of Topliss-reactive ketones (excluding diaryl/α,β-unsaturated/α-hetero) is 1. The summed E-state index contributed by atoms with van der Waals surface area (Å²) < 4.78 is 32.0. The minimum atomic E-state index is -2.24. The predicted molar refractivity (Wildman–Crippen MR) is 207 cm³/mol. The largest absolute Gasteiger partial charge is 0.512 e. The van der Waals surface area contributed by atoms with Gasteiger partial charge in [-0.05, 0) is 65.7 Å². The Bertz CT molecular complexity index is 1810. The van der Waals surface area contributed by atoms with Gasteiger partial charge in [0.2, 0.25) is 0 Å². The molecule has 4 aromatic rings. The first-order valence-corrected chi connectivity index (χ1v) is 24.5. The summed E-state index contributed by atoms with van der Waals surface area (Å²) in [4.78, 5) is 16.7. The Kier molecular flexibility index (Phi) is 14.9. The second-order valence-electron chi connectivity index (χ2n) is 15.3. The number of allylic oxidation sites excluding steroid dienone is 2. The minimum absolute atomic E-state index is 0. The standard InChI is InChI=1S/C27H30F2NSi2.C14H26O2.Ir/c1-16-13-17(2)15-18(14-16)25-20-9-10-21-22(19(20)11-12-30-25)26(31(3,4)5)24(29)27(23(21)28)32(6,7)8;1-6-11(7-2)13(15)10(5)14(16)12(8-3)9-4;/h9-14H,1-8H3;11-12,15H,6-9H2,1-5H3;/q-1;;/b;13-10-;. The zero-order valence-corrected chi connectivity index (χ0v) is 36.2. The topological polar surface area (TPSA) is 50.2 Å². The van der Waals surface area contributed by atoms with Crippen molar-refractivity contribution < 1.29 is 38.8 Å². The minimum Gasteiger partial charge on any atom is -0.512 e. The van der Waals surface area contributed by atoms with Crippen LogP contribution >= 0.6 is 0 Å². The van der Waals surface area contributed by atoms with E-state index in [1.54, 1.807) is 13.1 Å². The van der Waals surface area contributed by atoms with Gasteiger partial charge in [0.05, 0.1) is 16.1 Å². The number of carbonyl (C=O) groups excluding carboxylic acids is 1. The molecule has 8 heteroatoms. The van der Waals surface area contributed by atoms with Gasteiger partial charge in [0.25, 0.3) is 0 Å². The van der Waals surface area contributed by atoms with Crippen LogP contribution in [0.5, 0.6) is 0 Å². The van der Waals surface area contributed by atoms with E-state index in [-0.39, 0.29) is 43.5 Å². The second kappa shape index (κ2) is 17.1. The fourth-order valence-electron chi connectivity index (χ4n) is 6.85. The average molecular weight is 881 g/mol. The quantitative estimate of drug-likeness (QED) is 0.0568. The third kappa shape index (κ3) is 9.24. The number of aryl methyl sites for hydroxylation is 2. The zero-order valence-electron chi connectivity index (χ0n) is 31.8. The van der Waals surface area contributed by atoms with Crippen molar-refractivity contribution in [3.8, 4) is 11.3 Å². The Morgan fingerprint density at radius 3 is 1.82 bits per heavy atom. The van der Waals surface area contributed by atoms with Gasteiger partial charge in [0.1, 0.15) is 17.4 Å². The van der Waals surface area contributed by atoms with Crippen LogP contribution in [0.1, 0.15) is 71.4 Å². The summed E-state index contributed by atoms with van der Waals surface area (Å²) in [5, 5.41) is 14.1. The van der Waals surface area contributed by atoms with Crippen molar-refractivity contribution in [2.45, 2.75) is 113 Å². The molecule has 4 rings (SSSR count). The first-order chi connectivity index (χ1) is 22.3. The number of carbonyl (C=O) groups is 1. The van der Waals surface area contributed by atoms with Gasteiger partial charge in [-0.3, -0.25) is 4.79 Å². The van der Waals surface area contributed by atoms with Crippen molar-refractivity contribution >= 4 is 53.8 Å². The Balaban J connectivity index is 0.000000419. The number of hydrogen-bond acceptors (Lipinski definition) is 3. The molecule has 0 atom stereocenters. The van der Waals surface area contributed by atoms with Gasteiger partial charge in [0.15, 0.2) is 5.78 Å². The first kappa shape index (κ1) is 42.6. The second-order valence-corrected chi connectivity index (χ2v) is 25.3. The maximum Gasteiger partial charge on any atom is 0.164 e. The van der Waals surface area contributed by atoms with Crippen molar-refractivity contribution in [2.75, 3.05) is 0 Å². The number of ketones is 1. The van der Waals surface area contributed by atoms with Crippen LogP contribution < -0.4 is 10.4 Å². The van der Waals surface area contributed by atoms with E-state index in [0.717, 1.165) is 64.0 Å². The normalized spacial score (nSPS) is 12.6. The zero-order chi connectivity index (χ0) is 36.3. The van der Waals surface area contributed by atoms with E-state index >= 15 is 8.78 Å². The molecule has 0 saturated carbocycles. The van der Waals surface area contributed by atoms with Crippen LogP contribution in [0.2, 0.25) is 39.3 Å². The van der Waals surface area contributed by atoms with Crippen LogP contribution in [0.25, 0.3) is 32.8 Å². The van der Waals surface area contributed by atoms with E-state index in [1.165, 1.54) is 0 Å². The molecule has 0 unspecified atom stereocenters. The van der Waals surface area contributed by atoms with Crippen LogP contribution in [-0.2, 0) is 24.9 Å². The van der Waals surface area contributed by atoms with Crippen molar-refractivity contribution in [2.24, 2.45) is 11.8 Å². The summed E-state index contributed by atoms with van der Waals surface area (Å²) >= 11 is 0. The van der Waals surface area contributed by atoms with Gasteiger partial charge >= 0.3 is 0 Å². The molecule has 1 heterocycles. The molecule has 0 spiro atoms. The number of pyridine rings is 1. The Labute approximate surface area is 309 Å². The number of rotatable bonds is 10. The van der Waals surface area contributed by atoms with Crippen LogP contribution in [-0.4, -0.2) is 32.0 Å². The smallest absolute Gasteiger partial charge is 0.164 e. The summed E-state index contributed by atoms with van der Waals surface area (Å²) in [5.41, 5.74) is 4.45. The number of hydrogen-bond donors (Lipinski definition) is 1. The van der Waals surface area contributed by atoms with E-state index in [4.69, 9.17) is 0 Å². The summed E-state index contributed by atoms with van der Waals surface area (Å²) in [5.74, 6) is -0.0832. The number of aromatic nitrogens is 1. The van der Waals surface area contributed by atoms with Gasteiger partial charge in [0, 0.05) is 54.3 Å². The maximum absolute atomic E-state index is 16.1. The molecule has 269 valence electrons. The summed E-state index contributed by atoms with van der Waals surface area (Å²) in [6, 6.07) is 13.2. The Hall–Kier alpha value is -2.52. The fourth-order valence-corrected chi connectivity index (χ4v) is 10.4. The molecule has 0 aliphatic carbocycles. The van der Waals surface area contributed by atoms with Crippen LogP contribution in [0.3, 0.4) is 0 Å². The SMILES string of the molecule is CCC(CC)C(=O)/C(C)=C(\O)C(CC)CC.Cc1[c-]c(-c2nccc3c2ccc2c(F)c([Si](C)(C)C)c(F)c([Si](C)(C)C)c23)cc(C)c1.[Ir]. The van der Waals surface area contributed by atoms with Crippen LogP contribution in [0.4, 0.5) is 8.78 Å². The van der Waals surface area contributed by atoms with Gasteiger partial charge < -0.3 is 10.1 Å². The molecule has 0 amide bonds. The number of halogens is 2. The number of benzene rings is 3. The molecule has 0 bridgehead atoms. The Morgan fingerprint density at radius 2 is 1.33 bits per heavy atom. The molecule has 0 aliphatic heterocycles. The number of nitrogens with zero attached hydrogens (tertiary/aromatic N) is 1. The molecule has 49 heavy (non-hydrogen) atoms. The number of aliphatic hydroxyl groups is 1. The van der Waals surface area contributed by atoms with Crippen molar-refractivity contribution in [1.29, 1.82) is 0 Å². The summed E-state index contributed by atoms with van der Waals surface area (Å²) in [6.07, 6.45) is 5.22. The molecular formula is C41H56F2IrNO2Si2-. The molecule has 0 aliphatic rings. The maximum atomic E-state index is 16.1. The summed E-state index contributed by atoms with van der Waals surface area (Å²) in [6.45, 7) is 26.4. The van der Waals surface area contributed by atoms with Gasteiger partial charge in [-0.1, -0.05) is 93.0 Å².